The minimum Gasteiger partial charge on any atom is -0.508 e. The average Bonchev–Trinajstić information content (AvgIpc) is 3.33. The van der Waals surface area contributed by atoms with Gasteiger partial charge in [-0.2, -0.15) is 4.98 Å². The first-order valence-corrected chi connectivity index (χ1v) is 24.6. The highest BCUT2D eigenvalue weighted by Crippen LogP contribution is 2.38. The van der Waals surface area contributed by atoms with Crippen LogP contribution in [0.5, 0.6) is 11.5 Å². The summed E-state index contributed by atoms with van der Waals surface area (Å²) in [7, 11) is 0. The van der Waals surface area contributed by atoms with Gasteiger partial charge in [0.05, 0.1) is 28.5 Å². The van der Waals surface area contributed by atoms with Crippen LogP contribution in [0.4, 0.5) is 27.9 Å². The molecule has 0 spiro atoms. The average molecular weight is 945 g/mol. The number of aromatic nitrogens is 2. The summed E-state index contributed by atoms with van der Waals surface area (Å²) in [6.07, 6.45) is 5.81. The van der Waals surface area contributed by atoms with E-state index < -0.39 is 6.03 Å². The smallest absolute Gasteiger partial charge is 0.325 e. The molecule has 0 saturated carbocycles. The summed E-state index contributed by atoms with van der Waals surface area (Å²) < 4.78 is 0. The zero-order valence-corrected chi connectivity index (χ0v) is 40.4. The lowest BCUT2D eigenvalue weighted by atomic mass is 9.96. The molecule has 0 aliphatic carbocycles. The second-order valence-corrected chi connectivity index (χ2v) is 19.2. The fourth-order valence-electron chi connectivity index (χ4n) is 10.0. The summed E-state index contributed by atoms with van der Waals surface area (Å²) >= 11 is 6.82. The Morgan fingerprint density at radius 1 is 0.926 bits per heavy atom. The van der Waals surface area contributed by atoms with Crippen molar-refractivity contribution >= 4 is 63.8 Å². The number of benzene rings is 4. The van der Waals surface area contributed by atoms with E-state index in [0.717, 1.165) is 153 Å². The molecule has 68 heavy (non-hydrogen) atoms. The predicted molar refractivity (Wildman–Crippen MR) is 273 cm³/mol. The van der Waals surface area contributed by atoms with Crippen molar-refractivity contribution in [3.63, 3.8) is 0 Å². The van der Waals surface area contributed by atoms with Gasteiger partial charge in [-0.15, -0.1) is 0 Å². The van der Waals surface area contributed by atoms with E-state index in [1.54, 1.807) is 12.1 Å². The molecule has 6 N–H and O–H groups in total. The van der Waals surface area contributed by atoms with Crippen LogP contribution < -0.4 is 30.7 Å². The largest absolute Gasteiger partial charge is 0.508 e. The van der Waals surface area contributed by atoms with Gasteiger partial charge in [0, 0.05) is 101 Å². The van der Waals surface area contributed by atoms with Gasteiger partial charge in [-0.25, -0.2) is 14.7 Å². The van der Waals surface area contributed by atoms with E-state index in [4.69, 9.17) is 32.7 Å². The molecule has 16 heteroatoms. The minimum absolute atomic E-state index is 0.0604. The summed E-state index contributed by atoms with van der Waals surface area (Å²) in [6.45, 7) is 17.1. The number of rotatable bonds is 17. The molecule has 5 aromatic rings. The molecule has 360 valence electrons. The number of halogens is 1. The molecule has 15 nitrogen and oxygen atoms in total. The SMILES string of the molecule is CCCCN(CCNC=O)c1nc(N2CCC(CN3CCN(Cc4ccc(N(C(=N)c5cc(C(C)C)c(O)cc5O)C(N)=O)cc4)CC3)CC2)nc2c1CCN(c1cccc3cccc(Cl)c13)C2. The van der Waals surface area contributed by atoms with Crippen LogP contribution in [0.2, 0.25) is 5.02 Å². The molecule has 1 aromatic heterocycles. The number of primary amides is 1. The zero-order chi connectivity index (χ0) is 47.9. The normalized spacial score (nSPS) is 16.0. The molecule has 3 aliphatic heterocycles. The third-order valence-corrected chi connectivity index (χ3v) is 14.2. The number of amidine groups is 1. The second-order valence-electron chi connectivity index (χ2n) is 18.8. The molecule has 2 saturated heterocycles. The lowest BCUT2D eigenvalue weighted by molar-refractivity contribution is -0.109. The zero-order valence-electron chi connectivity index (χ0n) is 39.6. The molecule has 0 unspecified atom stereocenters. The monoisotopic (exact) mass is 943 g/mol. The summed E-state index contributed by atoms with van der Waals surface area (Å²) in [5.41, 5.74) is 11.3. The lowest BCUT2D eigenvalue weighted by Gasteiger charge is -2.39. The van der Waals surface area contributed by atoms with E-state index in [0.29, 0.717) is 36.8 Å². The number of phenols is 2. The van der Waals surface area contributed by atoms with E-state index in [1.165, 1.54) is 17.7 Å². The van der Waals surface area contributed by atoms with Gasteiger partial charge < -0.3 is 40.9 Å². The van der Waals surface area contributed by atoms with E-state index in [2.05, 4.69) is 61.0 Å². The summed E-state index contributed by atoms with van der Waals surface area (Å²) in [5, 5.41) is 35.5. The number of carbonyl (C=O) groups is 2. The van der Waals surface area contributed by atoms with Crippen molar-refractivity contribution in [2.24, 2.45) is 11.7 Å². The van der Waals surface area contributed by atoms with E-state index in [-0.39, 0.29) is 28.8 Å². The van der Waals surface area contributed by atoms with Crippen LogP contribution >= 0.6 is 11.6 Å². The van der Waals surface area contributed by atoms with E-state index in [1.807, 2.05) is 38.1 Å². The number of nitrogens with one attached hydrogen (secondary N) is 2. The molecule has 4 heterocycles. The predicted octanol–water partition coefficient (Wildman–Crippen LogP) is 7.68. The molecule has 4 aromatic carbocycles. The van der Waals surface area contributed by atoms with Crippen LogP contribution in [-0.4, -0.2) is 120 Å². The minimum atomic E-state index is -0.842. The first-order chi connectivity index (χ1) is 32.9. The van der Waals surface area contributed by atoms with Crippen LogP contribution in [0.15, 0.2) is 72.8 Å². The van der Waals surface area contributed by atoms with Gasteiger partial charge in [-0.3, -0.25) is 15.1 Å². The van der Waals surface area contributed by atoms with Gasteiger partial charge in [-0.05, 0) is 84.4 Å². The fourth-order valence-corrected chi connectivity index (χ4v) is 10.3. The number of phenolic OH excluding ortho intramolecular Hbond substituents is 2. The number of aromatic hydroxyl groups is 2. The summed E-state index contributed by atoms with van der Waals surface area (Å²) in [5.74, 6) is 1.67. The van der Waals surface area contributed by atoms with Gasteiger partial charge in [0.25, 0.3) is 0 Å². The number of unbranched alkanes of at least 4 members (excludes halogenated alkanes) is 1. The highest BCUT2D eigenvalue weighted by atomic mass is 35.5. The Labute approximate surface area is 405 Å². The number of fused-ring (bicyclic) bond motifs is 2. The van der Waals surface area contributed by atoms with Crippen molar-refractivity contribution in [3.8, 4) is 11.5 Å². The molecule has 3 aliphatic rings. The van der Waals surface area contributed by atoms with Gasteiger partial charge in [0.15, 0.2) is 0 Å². The van der Waals surface area contributed by atoms with Crippen molar-refractivity contribution < 1.29 is 19.8 Å². The standard InChI is InChI=1S/C52H66ClN11O4/c1-4-5-20-61(24-19-56-34-65)50-40-18-23-63(45-11-7-9-38-8-6-10-43(53)48(38)45)33-44(40)57-52(58-50)62-21-16-37(17-22-62)32-60-27-25-59(26-28-60)31-36-12-14-39(15-13-36)64(51(55)68)49(54)42-29-41(35(2)3)46(66)30-47(42)67/h6-15,29-30,34-35,37,54,66-67H,4-5,16-28,31-33H2,1-3H3,(H2,55,68)(H,56,65). The van der Waals surface area contributed by atoms with Crippen molar-refractivity contribution in [2.45, 2.75) is 71.9 Å². The first kappa shape index (κ1) is 48.3. The number of nitrogens with two attached hydrogens (primary N) is 1. The van der Waals surface area contributed by atoms with Crippen molar-refractivity contribution in [3.05, 3.63) is 106 Å². The lowest BCUT2D eigenvalue weighted by Crippen LogP contribution is -2.48. The van der Waals surface area contributed by atoms with E-state index >= 15 is 0 Å². The van der Waals surface area contributed by atoms with Crippen molar-refractivity contribution in [2.75, 3.05) is 91.6 Å². The molecular formula is C52H66ClN11O4. The Morgan fingerprint density at radius 2 is 1.65 bits per heavy atom. The summed E-state index contributed by atoms with van der Waals surface area (Å²) in [4.78, 5) is 47.9. The number of carbonyl (C=O) groups excluding carboxylic acids is 2. The Balaban J connectivity index is 0.887. The number of amides is 3. The number of hydrogen-bond donors (Lipinski definition) is 5. The van der Waals surface area contributed by atoms with Gasteiger partial charge in [0.1, 0.15) is 23.2 Å². The maximum atomic E-state index is 12.6. The highest BCUT2D eigenvalue weighted by Gasteiger charge is 2.31. The number of nitrogens with zero attached hydrogens (tertiary/aromatic N) is 8. The number of urea groups is 1. The molecular weight excluding hydrogens is 878 g/mol. The van der Waals surface area contributed by atoms with Gasteiger partial charge in [0.2, 0.25) is 12.4 Å². The molecule has 0 radical (unpaired) electrons. The Bertz CT molecular complexity index is 2570. The fraction of sp³-hybridized carbons (Fsp3) is 0.442. The number of hydrogen-bond acceptors (Lipinski definition) is 12. The van der Waals surface area contributed by atoms with Crippen molar-refractivity contribution in [1.29, 1.82) is 5.41 Å². The molecule has 3 amide bonds. The topological polar surface area (TPSA) is 182 Å². The van der Waals surface area contributed by atoms with Crippen LogP contribution in [0, 0.1) is 11.3 Å². The van der Waals surface area contributed by atoms with Crippen LogP contribution in [0.25, 0.3) is 10.8 Å². The molecule has 2 fully saturated rings. The number of anilines is 4. The Kier molecular flexibility index (Phi) is 15.5. The van der Waals surface area contributed by atoms with Crippen molar-refractivity contribution in [1.82, 2.24) is 25.1 Å². The molecule has 0 atom stereocenters. The number of piperazine rings is 1. The quantitative estimate of drug-likeness (QED) is 0.0267. The number of piperidine rings is 1. The Morgan fingerprint density at radius 3 is 2.34 bits per heavy atom. The van der Waals surface area contributed by atoms with Gasteiger partial charge in [-0.1, -0.05) is 75.2 Å². The maximum Gasteiger partial charge on any atom is 0.325 e. The van der Waals surface area contributed by atoms with Crippen LogP contribution in [0.3, 0.4) is 0 Å². The van der Waals surface area contributed by atoms with Gasteiger partial charge >= 0.3 is 6.03 Å². The van der Waals surface area contributed by atoms with Crippen LogP contribution in [-0.2, 0) is 24.3 Å². The van der Waals surface area contributed by atoms with Crippen LogP contribution in [0.1, 0.15) is 80.3 Å². The second kappa shape index (κ2) is 21.9. The summed E-state index contributed by atoms with van der Waals surface area (Å²) in [6, 6.07) is 21.8. The highest BCUT2D eigenvalue weighted by molar-refractivity contribution is 6.36. The Hall–Kier alpha value is -6.16. The third-order valence-electron chi connectivity index (χ3n) is 13.8. The van der Waals surface area contributed by atoms with E-state index in [9.17, 15) is 19.8 Å². The maximum absolute atomic E-state index is 12.6. The third kappa shape index (κ3) is 10.9. The molecule has 8 rings (SSSR count). The molecule has 0 bridgehead atoms. The first-order valence-electron chi connectivity index (χ1n) is 24.2.